The van der Waals surface area contributed by atoms with E-state index >= 15 is 0 Å². The van der Waals surface area contributed by atoms with Crippen LogP contribution in [0.5, 0.6) is 0 Å². The first kappa shape index (κ1) is 19.7. The molecule has 3 heterocycles. The molecule has 148 valence electrons. The van der Waals surface area contributed by atoms with Crippen LogP contribution in [0.25, 0.3) is 11.4 Å². The third-order valence-electron chi connectivity index (χ3n) is 4.14. The molecule has 0 radical (unpaired) electrons. The summed E-state index contributed by atoms with van der Waals surface area (Å²) in [6.45, 7) is 8.25. The number of hydrogen-bond acceptors (Lipinski definition) is 9. The maximum Gasteiger partial charge on any atom is 0.249 e. The van der Waals surface area contributed by atoms with Crippen LogP contribution in [0.1, 0.15) is 51.4 Å². The molecule has 28 heavy (non-hydrogen) atoms. The van der Waals surface area contributed by atoms with Crippen molar-refractivity contribution in [2.75, 3.05) is 24.3 Å². The monoisotopic (exact) mass is 382 g/mol. The van der Waals surface area contributed by atoms with Gasteiger partial charge in [0, 0.05) is 38.0 Å². The molecule has 9 heteroatoms. The maximum absolute atomic E-state index is 5.54. The summed E-state index contributed by atoms with van der Waals surface area (Å²) in [6, 6.07) is 3.49. The van der Waals surface area contributed by atoms with Crippen molar-refractivity contribution in [1.82, 2.24) is 30.1 Å². The number of pyridine rings is 1. The highest BCUT2D eigenvalue weighted by Crippen LogP contribution is 2.27. The molecule has 0 saturated carbocycles. The first-order valence-electron chi connectivity index (χ1n) is 9.29. The van der Waals surface area contributed by atoms with E-state index in [1.165, 1.54) is 0 Å². The van der Waals surface area contributed by atoms with Gasteiger partial charge in [0.1, 0.15) is 11.9 Å². The first-order chi connectivity index (χ1) is 13.3. The van der Waals surface area contributed by atoms with E-state index in [9.17, 15) is 0 Å². The molecule has 9 nitrogen and oxygen atoms in total. The average molecular weight is 382 g/mol. The summed E-state index contributed by atoms with van der Waals surface area (Å²) in [5.41, 5.74) is 0.803. The van der Waals surface area contributed by atoms with Gasteiger partial charge in [-0.15, -0.1) is 0 Å². The van der Waals surface area contributed by atoms with Crippen molar-refractivity contribution < 1.29 is 4.52 Å². The fourth-order valence-corrected chi connectivity index (χ4v) is 2.53. The number of nitrogens with zero attached hydrogens (tertiary/aromatic N) is 7. The van der Waals surface area contributed by atoms with Crippen LogP contribution in [0.15, 0.2) is 29.0 Å². The van der Waals surface area contributed by atoms with Gasteiger partial charge in [-0.25, -0.2) is 0 Å². The minimum atomic E-state index is -0.240. The van der Waals surface area contributed by atoms with Crippen LogP contribution in [0, 0.1) is 5.92 Å². The van der Waals surface area contributed by atoms with E-state index in [0.717, 1.165) is 11.4 Å². The van der Waals surface area contributed by atoms with Crippen molar-refractivity contribution in [3.63, 3.8) is 0 Å². The van der Waals surface area contributed by atoms with E-state index in [2.05, 4.69) is 63.1 Å². The summed E-state index contributed by atoms with van der Waals surface area (Å²) < 4.78 is 5.54. The van der Waals surface area contributed by atoms with Crippen LogP contribution in [0.3, 0.4) is 0 Å². The van der Waals surface area contributed by atoms with Crippen LogP contribution in [0.4, 0.5) is 11.9 Å². The third kappa shape index (κ3) is 4.41. The van der Waals surface area contributed by atoms with E-state index in [0.29, 0.717) is 23.6 Å². The standard InChI is InChI=1S/C19H26N8O/c1-11(2)14(17-22-16(26-28-17)13-8-7-9-20-10-13)21-18-23-15(12(3)4)24-19(25-18)27(5)6/h7-12,14H,1-6H3,(H,21,23,24,25). The van der Waals surface area contributed by atoms with E-state index < -0.39 is 0 Å². The molecule has 3 aromatic heterocycles. The van der Waals surface area contributed by atoms with Crippen LogP contribution in [0.2, 0.25) is 0 Å². The number of rotatable bonds is 7. The minimum absolute atomic E-state index is 0.171. The quantitative estimate of drug-likeness (QED) is 0.658. The topological polar surface area (TPSA) is 106 Å². The van der Waals surface area contributed by atoms with Gasteiger partial charge in [-0.3, -0.25) is 4.98 Å². The zero-order valence-corrected chi connectivity index (χ0v) is 17.1. The van der Waals surface area contributed by atoms with Crippen LogP contribution in [-0.4, -0.2) is 44.2 Å². The van der Waals surface area contributed by atoms with Crippen molar-refractivity contribution in [3.05, 3.63) is 36.2 Å². The molecule has 0 fully saturated rings. The summed E-state index contributed by atoms with van der Waals surface area (Å²) in [6.07, 6.45) is 3.41. The van der Waals surface area contributed by atoms with Gasteiger partial charge >= 0.3 is 0 Å². The Morgan fingerprint density at radius 1 is 1.04 bits per heavy atom. The second-order valence-corrected chi connectivity index (χ2v) is 7.43. The number of hydrogen-bond donors (Lipinski definition) is 1. The highest BCUT2D eigenvalue weighted by Gasteiger charge is 2.25. The lowest BCUT2D eigenvalue weighted by molar-refractivity contribution is 0.335. The Bertz CT molecular complexity index is 881. The molecule has 3 aromatic rings. The summed E-state index contributed by atoms with van der Waals surface area (Å²) in [5, 5.41) is 7.44. The van der Waals surface area contributed by atoms with Gasteiger partial charge in [-0.2, -0.15) is 19.9 Å². The van der Waals surface area contributed by atoms with Gasteiger partial charge in [0.15, 0.2) is 0 Å². The Morgan fingerprint density at radius 2 is 1.82 bits per heavy atom. The highest BCUT2D eigenvalue weighted by molar-refractivity contribution is 5.52. The first-order valence-corrected chi connectivity index (χ1v) is 9.29. The molecule has 0 saturated heterocycles. The van der Waals surface area contributed by atoms with Crippen molar-refractivity contribution in [3.8, 4) is 11.4 Å². The Labute approximate surface area is 164 Å². The zero-order chi connectivity index (χ0) is 20.3. The molecule has 0 aromatic carbocycles. The van der Waals surface area contributed by atoms with Crippen LogP contribution in [-0.2, 0) is 0 Å². The molecule has 1 N–H and O–H groups in total. The minimum Gasteiger partial charge on any atom is -0.347 e. The van der Waals surface area contributed by atoms with Crippen molar-refractivity contribution in [1.29, 1.82) is 0 Å². The smallest absolute Gasteiger partial charge is 0.249 e. The molecule has 0 aliphatic heterocycles. The summed E-state index contributed by atoms with van der Waals surface area (Å²) in [7, 11) is 3.81. The fraction of sp³-hybridized carbons (Fsp3) is 0.474. The highest BCUT2D eigenvalue weighted by atomic mass is 16.5. The largest absolute Gasteiger partial charge is 0.347 e. The molecule has 3 rings (SSSR count). The fourth-order valence-electron chi connectivity index (χ4n) is 2.53. The second kappa shape index (κ2) is 8.28. The van der Waals surface area contributed by atoms with Gasteiger partial charge in [0.05, 0.1) is 0 Å². The SMILES string of the molecule is CC(C)c1nc(NC(c2nc(-c3cccnc3)no2)C(C)C)nc(N(C)C)n1. The predicted octanol–water partition coefficient (Wildman–Crippen LogP) is 3.32. The Morgan fingerprint density at radius 3 is 2.43 bits per heavy atom. The molecular formula is C19H26N8O. The van der Waals surface area contributed by atoms with Gasteiger partial charge in [0.2, 0.25) is 23.6 Å². The van der Waals surface area contributed by atoms with E-state index in [1.807, 2.05) is 31.1 Å². The van der Waals surface area contributed by atoms with Gasteiger partial charge in [0.25, 0.3) is 0 Å². The normalized spacial score (nSPS) is 12.4. The van der Waals surface area contributed by atoms with Gasteiger partial charge < -0.3 is 14.7 Å². The lowest BCUT2D eigenvalue weighted by atomic mass is 10.0. The van der Waals surface area contributed by atoms with Gasteiger partial charge in [-0.05, 0) is 18.1 Å². The van der Waals surface area contributed by atoms with Gasteiger partial charge in [-0.1, -0.05) is 32.9 Å². The van der Waals surface area contributed by atoms with E-state index in [1.54, 1.807) is 12.4 Å². The Kier molecular flexibility index (Phi) is 5.81. The molecule has 0 amide bonds. The summed E-state index contributed by atoms with van der Waals surface area (Å²) >= 11 is 0. The predicted molar refractivity (Wildman–Crippen MR) is 107 cm³/mol. The molecule has 0 aliphatic carbocycles. The molecule has 1 unspecified atom stereocenters. The van der Waals surface area contributed by atoms with Crippen molar-refractivity contribution in [2.24, 2.45) is 5.92 Å². The molecule has 0 bridgehead atoms. The van der Waals surface area contributed by atoms with Crippen LogP contribution >= 0.6 is 0 Å². The molecule has 0 spiro atoms. The van der Waals surface area contributed by atoms with Crippen molar-refractivity contribution >= 4 is 11.9 Å². The summed E-state index contributed by atoms with van der Waals surface area (Å²) in [5.74, 6) is 3.15. The number of nitrogens with one attached hydrogen (secondary N) is 1. The Hall–Kier alpha value is -3.10. The third-order valence-corrected chi connectivity index (χ3v) is 4.14. The second-order valence-electron chi connectivity index (χ2n) is 7.43. The number of anilines is 2. The molecule has 0 aliphatic rings. The van der Waals surface area contributed by atoms with E-state index in [4.69, 9.17) is 4.52 Å². The lowest BCUT2D eigenvalue weighted by Crippen LogP contribution is -2.22. The van der Waals surface area contributed by atoms with Crippen molar-refractivity contribution in [2.45, 2.75) is 39.7 Å². The average Bonchev–Trinajstić information content (AvgIpc) is 3.16. The maximum atomic E-state index is 5.54. The molecule has 1 atom stereocenters. The lowest BCUT2D eigenvalue weighted by Gasteiger charge is -2.20. The summed E-state index contributed by atoms with van der Waals surface area (Å²) in [4.78, 5) is 24.1. The van der Waals surface area contributed by atoms with E-state index in [-0.39, 0.29) is 17.9 Å². The molecular weight excluding hydrogens is 356 g/mol. The zero-order valence-electron chi connectivity index (χ0n) is 17.1. The number of aromatic nitrogens is 6. The van der Waals surface area contributed by atoms with Crippen LogP contribution < -0.4 is 10.2 Å². The Balaban J connectivity index is 1.91.